The summed E-state index contributed by atoms with van der Waals surface area (Å²) < 4.78 is 10.7. The van der Waals surface area contributed by atoms with Gasteiger partial charge >= 0.3 is 0 Å². The van der Waals surface area contributed by atoms with Gasteiger partial charge in [0.15, 0.2) is 0 Å². The van der Waals surface area contributed by atoms with Gasteiger partial charge in [0.05, 0.1) is 14.2 Å². The van der Waals surface area contributed by atoms with Gasteiger partial charge in [0.25, 0.3) is 0 Å². The SMILES string of the molecule is CNC(Cc1ccc(OC)cc1)c1cc(C)ccc1OC. The minimum absolute atomic E-state index is 0.216. The van der Waals surface area contributed by atoms with Crippen molar-refractivity contribution in [3.8, 4) is 11.5 Å². The molecule has 1 atom stereocenters. The third-order valence-electron chi connectivity index (χ3n) is 3.71. The fraction of sp³-hybridized carbons (Fsp3) is 0.333. The van der Waals surface area contributed by atoms with Crippen molar-refractivity contribution in [2.24, 2.45) is 0 Å². The zero-order valence-corrected chi connectivity index (χ0v) is 13.1. The molecule has 1 N–H and O–H groups in total. The Morgan fingerprint density at radius 2 is 1.71 bits per heavy atom. The first-order chi connectivity index (χ1) is 10.2. The average molecular weight is 285 g/mol. The first kappa shape index (κ1) is 15.4. The second-order valence-corrected chi connectivity index (χ2v) is 5.14. The summed E-state index contributed by atoms with van der Waals surface area (Å²) >= 11 is 0. The van der Waals surface area contributed by atoms with E-state index in [0.29, 0.717) is 0 Å². The van der Waals surface area contributed by atoms with Crippen LogP contribution in [-0.2, 0) is 6.42 Å². The lowest BCUT2D eigenvalue weighted by Gasteiger charge is -2.20. The van der Waals surface area contributed by atoms with Crippen molar-refractivity contribution in [1.29, 1.82) is 0 Å². The first-order valence-corrected chi connectivity index (χ1v) is 7.12. The van der Waals surface area contributed by atoms with E-state index in [4.69, 9.17) is 9.47 Å². The molecule has 0 spiro atoms. The van der Waals surface area contributed by atoms with Crippen molar-refractivity contribution in [3.05, 3.63) is 59.2 Å². The highest BCUT2D eigenvalue weighted by Crippen LogP contribution is 2.29. The summed E-state index contributed by atoms with van der Waals surface area (Å²) in [6.45, 7) is 2.10. The zero-order valence-electron chi connectivity index (χ0n) is 13.1. The molecule has 0 bridgehead atoms. The third-order valence-corrected chi connectivity index (χ3v) is 3.71. The van der Waals surface area contributed by atoms with Crippen LogP contribution in [0.4, 0.5) is 0 Å². The van der Waals surface area contributed by atoms with Crippen LogP contribution >= 0.6 is 0 Å². The maximum absolute atomic E-state index is 5.50. The van der Waals surface area contributed by atoms with Crippen molar-refractivity contribution in [2.45, 2.75) is 19.4 Å². The fourth-order valence-electron chi connectivity index (χ4n) is 2.49. The average Bonchev–Trinajstić information content (AvgIpc) is 2.53. The summed E-state index contributed by atoms with van der Waals surface area (Å²) in [6.07, 6.45) is 0.903. The quantitative estimate of drug-likeness (QED) is 0.881. The van der Waals surface area contributed by atoms with Gasteiger partial charge < -0.3 is 14.8 Å². The van der Waals surface area contributed by atoms with E-state index < -0.39 is 0 Å². The van der Waals surface area contributed by atoms with Crippen LogP contribution in [-0.4, -0.2) is 21.3 Å². The van der Waals surface area contributed by atoms with Crippen molar-refractivity contribution in [3.63, 3.8) is 0 Å². The molecule has 0 heterocycles. The van der Waals surface area contributed by atoms with Gasteiger partial charge in [-0.15, -0.1) is 0 Å². The Labute approximate surface area is 126 Å². The minimum atomic E-state index is 0.216. The van der Waals surface area contributed by atoms with Gasteiger partial charge in [0.1, 0.15) is 11.5 Å². The Kier molecular flexibility index (Phi) is 5.23. The standard InChI is InChI=1S/C18H23NO2/c1-13-5-10-18(21-4)16(11-13)17(19-2)12-14-6-8-15(20-3)9-7-14/h5-11,17,19H,12H2,1-4H3. The number of hydrogen-bond acceptors (Lipinski definition) is 3. The highest BCUT2D eigenvalue weighted by atomic mass is 16.5. The molecule has 0 aromatic heterocycles. The van der Waals surface area contributed by atoms with E-state index in [9.17, 15) is 0 Å². The summed E-state index contributed by atoms with van der Waals surface area (Å²) in [5.41, 5.74) is 3.69. The molecule has 21 heavy (non-hydrogen) atoms. The molecule has 0 aliphatic heterocycles. The van der Waals surface area contributed by atoms with Gasteiger partial charge in [0, 0.05) is 11.6 Å². The summed E-state index contributed by atoms with van der Waals surface area (Å²) in [7, 11) is 5.38. The van der Waals surface area contributed by atoms with E-state index in [-0.39, 0.29) is 6.04 Å². The van der Waals surface area contributed by atoms with Crippen LogP contribution in [0.2, 0.25) is 0 Å². The van der Waals surface area contributed by atoms with Crippen LogP contribution < -0.4 is 14.8 Å². The molecule has 0 saturated heterocycles. The van der Waals surface area contributed by atoms with Crippen LogP contribution in [0.3, 0.4) is 0 Å². The highest BCUT2D eigenvalue weighted by molar-refractivity contribution is 5.40. The van der Waals surface area contributed by atoms with E-state index in [1.165, 1.54) is 16.7 Å². The Balaban J connectivity index is 2.24. The van der Waals surface area contributed by atoms with Gasteiger partial charge in [-0.1, -0.05) is 29.8 Å². The van der Waals surface area contributed by atoms with Crippen LogP contribution in [0.1, 0.15) is 22.7 Å². The summed E-state index contributed by atoms with van der Waals surface area (Å²) in [5, 5.41) is 3.39. The van der Waals surface area contributed by atoms with Gasteiger partial charge in [-0.25, -0.2) is 0 Å². The second kappa shape index (κ2) is 7.14. The normalized spacial score (nSPS) is 12.0. The Bertz CT molecular complexity index is 578. The molecule has 0 radical (unpaired) electrons. The molecule has 3 nitrogen and oxygen atoms in total. The van der Waals surface area contributed by atoms with Gasteiger partial charge in [-0.3, -0.25) is 0 Å². The van der Waals surface area contributed by atoms with E-state index >= 15 is 0 Å². The molecule has 3 heteroatoms. The van der Waals surface area contributed by atoms with Crippen molar-refractivity contribution >= 4 is 0 Å². The monoisotopic (exact) mass is 285 g/mol. The predicted octanol–water partition coefficient (Wildman–Crippen LogP) is 3.52. The maximum Gasteiger partial charge on any atom is 0.123 e. The first-order valence-electron chi connectivity index (χ1n) is 7.12. The number of aryl methyl sites for hydroxylation is 1. The number of methoxy groups -OCH3 is 2. The molecule has 2 rings (SSSR count). The summed E-state index contributed by atoms with van der Waals surface area (Å²) in [6, 6.07) is 14.7. The van der Waals surface area contributed by atoms with Gasteiger partial charge in [-0.2, -0.15) is 0 Å². The van der Waals surface area contributed by atoms with Crippen molar-refractivity contribution in [2.75, 3.05) is 21.3 Å². The molecule has 0 fully saturated rings. The molecule has 0 aliphatic rings. The Morgan fingerprint density at radius 1 is 1.00 bits per heavy atom. The number of rotatable bonds is 6. The molecule has 0 amide bonds. The summed E-state index contributed by atoms with van der Waals surface area (Å²) in [5.74, 6) is 1.81. The fourth-order valence-corrected chi connectivity index (χ4v) is 2.49. The highest BCUT2D eigenvalue weighted by Gasteiger charge is 2.15. The maximum atomic E-state index is 5.50. The lowest BCUT2D eigenvalue weighted by Crippen LogP contribution is -2.19. The molecular weight excluding hydrogens is 262 g/mol. The van der Waals surface area contributed by atoms with Gasteiger partial charge in [-0.05, 0) is 44.2 Å². The molecule has 2 aromatic rings. The topological polar surface area (TPSA) is 30.5 Å². The molecule has 112 valence electrons. The van der Waals surface area contributed by atoms with E-state index in [0.717, 1.165) is 17.9 Å². The van der Waals surface area contributed by atoms with Crippen LogP contribution in [0.15, 0.2) is 42.5 Å². The van der Waals surface area contributed by atoms with Crippen molar-refractivity contribution < 1.29 is 9.47 Å². The number of ether oxygens (including phenoxy) is 2. The van der Waals surface area contributed by atoms with Crippen LogP contribution in [0.25, 0.3) is 0 Å². The van der Waals surface area contributed by atoms with Gasteiger partial charge in [0.2, 0.25) is 0 Å². The Morgan fingerprint density at radius 3 is 2.29 bits per heavy atom. The largest absolute Gasteiger partial charge is 0.497 e. The minimum Gasteiger partial charge on any atom is -0.497 e. The summed E-state index contributed by atoms with van der Waals surface area (Å²) in [4.78, 5) is 0. The van der Waals surface area contributed by atoms with Crippen LogP contribution in [0, 0.1) is 6.92 Å². The number of benzene rings is 2. The lowest BCUT2D eigenvalue weighted by molar-refractivity contribution is 0.401. The number of likely N-dealkylation sites (N-methyl/N-ethyl adjacent to an activating group) is 1. The number of nitrogens with one attached hydrogen (secondary N) is 1. The smallest absolute Gasteiger partial charge is 0.123 e. The third kappa shape index (κ3) is 3.76. The molecule has 0 saturated carbocycles. The molecule has 2 aromatic carbocycles. The van der Waals surface area contributed by atoms with E-state index in [1.807, 2.05) is 25.2 Å². The second-order valence-electron chi connectivity index (χ2n) is 5.14. The number of hydrogen-bond donors (Lipinski definition) is 1. The zero-order chi connectivity index (χ0) is 15.2. The van der Waals surface area contributed by atoms with E-state index in [1.54, 1.807) is 14.2 Å². The molecular formula is C18H23NO2. The molecule has 0 aliphatic carbocycles. The molecule has 1 unspecified atom stereocenters. The van der Waals surface area contributed by atoms with Crippen LogP contribution in [0.5, 0.6) is 11.5 Å². The lowest BCUT2D eigenvalue weighted by atomic mass is 9.96. The Hall–Kier alpha value is -2.00. The van der Waals surface area contributed by atoms with E-state index in [2.05, 4.69) is 36.5 Å². The van der Waals surface area contributed by atoms with Crippen molar-refractivity contribution in [1.82, 2.24) is 5.32 Å². The predicted molar refractivity (Wildman–Crippen MR) is 86.2 cm³/mol.